The van der Waals surface area contributed by atoms with E-state index in [1.807, 2.05) is 0 Å². The highest BCUT2D eigenvalue weighted by atomic mass is 16.5. The smallest absolute Gasteiger partial charge is 0.0471 e. The number of hydrogen-bond donors (Lipinski definition) is 0. The van der Waals surface area contributed by atoms with Crippen molar-refractivity contribution >= 4 is 0 Å². The van der Waals surface area contributed by atoms with Crippen molar-refractivity contribution in [1.82, 2.24) is 0 Å². The van der Waals surface area contributed by atoms with Gasteiger partial charge in [0.2, 0.25) is 0 Å². The average molecular weight is 232 g/mol. The molecular weight excluding hydrogens is 208 g/mol. The van der Waals surface area contributed by atoms with Crippen molar-refractivity contribution in [2.24, 2.45) is 5.41 Å². The first-order chi connectivity index (χ1) is 8.08. The third-order valence-corrected chi connectivity index (χ3v) is 4.45. The van der Waals surface area contributed by atoms with Gasteiger partial charge in [0, 0.05) is 13.2 Å². The zero-order valence-corrected chi connectivity index (χ0v) is 11.4. The quantitative estimate of drug-likeness (QED) is 0.685. The molecule has 0 aromatic heterocycles. The molecule has 1 spiro atoms. The fourth-order valence-electron chi connectivity index (χ4n) is 3.14. The van der Waals surface area contributed by atoms with Crippen molar-refractivity contribution < 1.29 is 4.74 Å². The number of ether oxygens (including phenoxy) is 1. The number of rotatable bonds is 2. The lowest BCUT2D eigenvalue weighted by Crippen LogP contribution is -2.27. The van der Waals surface area contributed by atoms with Crippen LogP contribution in [-0.2, 0) is 4.74 Å². The first-order valence-electron chi connectivity index (χ1n) is 6.67. The Balaban J connectivity index is 2.27. The summed E-state index contributed by atoms with van der Waals surface area (Å²) in [5.74, 6) is 0. The molecule has 0 atom stereocenters. The van der Waals surface area contributed by atoms with Gasteiger partial charge < -0.3 is 4.74 Å². The van der Waals surface area contributed by atoms with E-state index in [4.69, 9.17) is 4.74 Å². The molecule has 0 unspecified atom stereocenters. The minimum absolute atomic E-state index is 0.478. The molecule has 1 fully saturated rings. The molecular formula is C16H24O. The lowest BCUT2D eigenvalue weighted by atomic mass is 9.76. The maximum Gasteiger partial charge on any atom is 0.0471 e. The third kappa shape index (κ3) is 2.40. The van der Waals surface area contributed by atoms with Crippen LogP contribution in [0.2, 0.25) is 0 Å². The standard InChI is InChI=1S/C16H24O/c1-5-13(4)15-11-16(6-8-17-9-7-16)10-14(15)12(2)3/h5H,2,6-11H2,1,3-4H3/b13-5-. The topological polar surface area (TPSA) is 9.23 Å². The lowest BCUT2D eigenvalue weighted by molar-refractivity contribution is 0.0199. The van der Waals surface area contributed by atoms with Gasteiger partial charge in [-0.25, -0.2) is 0 Å². The van der Waals surface area contributed by atoms with Gasteiger partial charge in [-0.05, 0) is 63.0 Å². The molecule has 0 radical (unpaired) electrons. The number of hydrogen-bond acceptors (Lipinski definition) is 1. The normalized spacial score (nSPS) is 24.5. The predicted octanol–water partition coefficient (Wildman–Crippen LogP) is 4.42. The van der Waals surface area contributed by atoms with Gasteiger partial charge in [0.25, 0.3) is 0 Å². The molecule has 1 heterocycles. The zero-order valence-electron chi connectivity index (χ0n) is 11.4. The Morgan fingerprint density at radius 2 is 1.76 bits per heavy atom. The fraction of sp³-hybridized carbons (Fsp3) is 0.625. The molecule has 1 saturated heterocycles. The molecule has 0 saturated carbocycles. The summed E-state index contributed by atoms with van der Waals surface area (Å²) in [6.45, 7) is 12.6. The maximum absolute atomic E-state index is 5.52. The van der Waals surface area contributed by atoms with Crippen LogP contribution in [-0.4, -0.2) is 13.2 Å². The summed E-state index contributed by atoms with van der Waals surface area (Å²) in [6, 6.07) is 0. The van der Waals surface area contributed by atoms with Crippen LogP contribution in [0.4, 0.5) is 0 Å². The number of allylic oxidation sites excluding steroid dienone is 5. The van der Waals surface area contributed by atoms with Crippen LogP contribution in [0.5, 0.6) is 0 Å². The predicted molar refractivity (Wildman–Crippen MR) is 73.0 cm³/mol. The second-order valence-electron chi connectivity index (χ2n) is 5.68. The van der Waals surface area contributed by atoms with Gasteiger partial charge in [-0.2, -0.15) is 0 Å². The Morgan fingerprint density at radius 1 is 1.18 bits per heavy atom. The van der Waals surface area contributed by atoms with Crippen molar-refractivity contribution in [1.29, 1.82) is 0 Å². The van der Waals surface area contributed by atoms with E-state index in [9.17, 15) is 0 Å². The Kier molecular flexibility index (Phi) is 3.58. The molecule has 1 heteroatoms. The molecule has 0 amide bonds. The van der Waals surface area contributed by atoms with Crippen molar-refractivity contribution in [2.75, 3.05) is 13.2 Å². The third-order valence-electron chi connectivity index (χ3n) is 4.45. The van der Waals surface area contributed by atoms with E-state index in [1.165, 1.54) is 42.4 Å². The average Bonchev–Trinajstić information content (AvgIpc) is 2.69. The fourth-order valence-corrected chi connectivity index (χ4v) is 3.14. The van der Waals surface area contributed by atoms with E-state index in [1.54, 1.807) is 5.57 Å². The Labute approximate surface area is 105 Å². The molecule has 0 aromatic rings. The summed E-state index contributed by atoms with van der Waals surface area (Å²) < 4.78 is 5.52. The van der Waals surface area contributed by atoms with Crippen molar-refractivity contribution in [3.63, 3.8) is 0 Å². The summed E-state index contributed by atoms with van der Waals surface area (Å²) in [6.07, 6.45) is 7.10. The van der Waals surface area contributed by atoms with Crippen molar-refractivity contribution in [3.05, 3.63) is 34.9 Å². The van der Waals surface area contributed by atoms with Crippen molar-refractivity contribution in [2.45, 2.75) is 46.5 Å². The molecule has 0 aromatic carbocycles. The van der Waals surface area contributed by atoms with E-state index < -0.39 is 0 Å². The van der Waals surface area contributed by atoms with Crippen LogP contribution in [0.25, 0.3) is 0 Å². The molecule has 2 rings (SSSR count). The lowest BCUT2D eigenvalue weighted by Gasteiger charge is -2.34. The highest BCUT2D eigenvalue weighted by Crippen LogP contribution is 2.51. The van der Waals surface area contributed by atoms with Crippen LogP contribution in [0.3, 0.4) is 0 Å². The van der Waals surface area contributed by atoms with Crippen LogP contribution in [0.15, 0.2) is 34.9 Å². The Hall–Kier alpha value is -0.820. The highest BCUT2D eigenvalue weighted by Gasteiger charge is 2.40. The highest BCUT2D eigenvalue weighted by molar-refractivity contribution is 5.47. The summed E-state index contributed by atoms with van der Waals surface area (Å²) in [5.41, 5.74) is 6.24. The van der Waals surface area contributed by atoms with Gasteiger partial charge in [-0.1, -0.05) is 23.8 Å². The van der Waals surface area contributed by atoms with E-state index in [2.05, 4.69) is 33.4 Å². The molecule has 0 N–H and O–H groups in total. The zero-order chi connectivity index (χ0) is 12.5. The largest absolute Gasteiger partial charge is 0.381 e. The first-order valence-corrected chi connectivity index (χ1v) is 6.67. The van der Waals surface area contributed by atoms with E-state index in [0.29, 0.717) is 5.41 Å². The van der Waals surface area contributed by atoms with Crippen LogP contribution in [0, 0.1) is 5.41 Å². The van der Waals surface area contributed by atoms with E-state index in [-0.39, 0.29) is 0 Å². The van der Waals surface area contributed by atoms with E-state index in [0.717, 1.165) is 13.2 Å². The van der Waals surface area contributed by atoms with Gasteiger partial charge in [-0.15, -0.1) is 0 Å². The SMILES string of the molecule is C=C(C)C1=C(/C(C)=C\C)CC2(CCOCC2)C1. The van der Waals surface area contributed by atoms with Gasteiger partial charge in [0.15, 0.2) is 0 Å². The second kappa shape index (κ2) is 4.81. The molecule has 1 aliphatic carbocycles. The summed E-state index contributed by atoms with van der Waals surface area (Å²) >= 11 is 0. The minimum atomic E-state index is 0.478. The molecule has 1 nitrogen and oxygen atoms in total. The van der Waals surface area contributed by atoms with Gasteiger partial charge >= 0.3 is 0 Å². The maximum atomic E-state index is 5.52. The molecule has 17 heavy (non-hydrogen) atoms. The van der Waals surface area contributed by atoms with Gasteiger partial charge in [-0.3, -0.25) is 0 Å². The Morgan fingerprint density at radius 3 is 2.29 bits per heavy atom. The first kappa shape index (κ1) is 12.6. The van der Waals surface area contributed by atoms with Crippen LogP contribution < -0.4 is 0 Å². The second-order valence-corrected chi connectivity index (χ2v) is 5.68. The summed E-state index contributed by atoms with van der Waals surface area (Å²) in [7, 11) is 0. The van der Waals surface area contributed by atoms with Crippen LogP contribution >= 0.6 is 0 Å². The molecule has 1 aliphatic heterocycles. The van der Waals surface area contributed by atoms with Crippen molar-refractivity contribution in [3.8, 4) is 0 Å². The summed E-state index contributed by atoms with van der Waals surface area (Å²) in [4.78, 5) is 0. The minimum Gasteiger partial charge on any atom is -0.381 e. The Bertz CT molecular complexity index is 378. The molecule has 0 bridgehead atoms. The molecule has 94 valence electrons. The van der Waals surface area contributed by atoms with E-state index >= 15 is 0 Å². The van der Waals surface area contributed by atoms with Gasteiger partial charge in [0.05, 0.1) is 0 Å². The molecule has 2 aliphatic rings. The monoisotopic (exact) mass is 232 g/mol. The summed E-state index contributed by atoms with van der Waals surface area (Å²) in [5, 5.41) is 0. The van der Waals surface area contributed by atoms with Crippen LogP contribution in [0.1, 0.15) is 46.5 Å². The van der Waals surface area contributed by atoms with Gasteiger partial charge in [0.1, 0.15) is 0 Å².